The van der Waals surface area contributed by atoms with Crippen LogP contribution in [0.2, 0.25) is 0 Å². The van der Waals surface area contributed by atoms with Gasteiger partial charge in [0.25, 0.3) is 11.3 Å². The molecule has 7 heteroatoms. The number of aromatic nitrogens is 4. The Morgan fingerprint density at radius 2 is 1.79 bits per heavy atom. The molecular formula is C21H21N5OS. The maximum atomic E-state index is 12.9. The van der Waals surface area contributed by atoms with Crippen LogP contribution in [0.25, 0.3) is 5.78 Å². The smallest absolute Gasteiger partial charge is 0.277 e. The van der Waals surface area contributed by atoms with Gasteiger partial charge in [-0.3, -0.25) is 9.89 Å². The zero-order chi connectivity index (χ0) is 19.5. The van der Waals surface area contributed by atoms with Crippen molar-refractivity contribution in [3.05, 3.63) is 87.3 Å². The van der Waals surface area contributed by atoms with Crippen LogP contribution in [-0.4, -0.2) is 25.8 Å². The zero-order valence-electron chi connectivity index (χ0n) is 15.8. The third-order valence-electron chi connectivity index (χ3n) is 4.64. The molecule has 6 nitrogen and oxygen atoms in total. The molecule has 0 radical (unpaired) electrons. The van der Waals surface area contributed by atoms with E-state index >= 15 is 0 Å². The first-order chi connectivity index (χ1) is 13.6. The van der Waals surface area contributed by atoms with Crippen LogP contribution in [0.4, 0.5) is 5.95 Å². The minimum absolute atomic E-state index is 0.115. The minimum atomic E-state index is -0.115. The minimum Gasteiger partial charge on any atom is -0.351 e. The van der Waals surface area contributed by atoms with Gasteiger partial charge in [0.1, 0.15) is 0 Å². The van der Waals surface area contributed by atoms with Crippen molar-refractivity contribution in [1.29, 1.82) is 0 Å². The Bertz CT molecular complexity index is 1150. The third-order valence-corrected chi connectivity index (χ3v) is 5.38. The summed E-state index contributed by atoms with van der Waals surface area (Å²) in [4.78, 5) is 23.1. The van der Waals surface area contributed by atoms with E-state index in [-0.39, 0.29) is 5.56 Å². The van der Waals surface area contributed by atoms with Gasteiger partial charge in [-0.1, -0.05) is 42.5 Å². The molecule has 0 aliphatic heterocycles. The molecular weight excluding hydrogens is 370 g/mol. The van der Waals surface area contributed by atoms with Crippen LogP contribution >= 0.6 is 11.8 Å². The second kappa shape index (κ2) is 7.90. The number of nitrogens with zero attached hydrogens (tertiary/aromatic N) is 3. The van der Waals surface area contributed by atoms with E-state index in [1.54, 1.807) is 11.8 Å². The number of H-pyrrole nitrogens is 1. The average molecular weight is 392 g/mol. The van der Waals surface area contributed by atoms with Gasteiger partial charge >= 0.3 is 0 Å². The molecule has 0 unspecified atom stereocenters. The Labute approximate surface area is 167 Å². The maximum absolute atomic E-state index is 12.9. The Kier molecular flexibility index (Phi) is 5.16. The maximum Gasteiger partial charge on any atom is 0.277 e. The third kappa shape index (κ3) is 3.80. The molecule has 0 spiro atoms. The average Bonchev–Trinajstić information content (AvgIpc) is 3.14. The number of hydrogen-bond donors (Lipinski definition) is 2. The molecule has 2 heterocycles. The first kappa shape index (κ1) is 18.3. The SMILES string of the molecule is CSc1ccc(CNc2nc3nc(C)c(Cc4ccccc4)c(=O)n3[nH]2)cc1. The van der Waals surface area contributed by atoms with Gasteiger partial charge in [-0.25, -0.2) is 4.98 Å². The predicted molar refractivity (Wildman–Crippen MR) is 113 cm³/mol. The molecule has 28 heavy (non-hydrogen) atoms. The summed E-state index contributed by atoms with van der Waals surface area (Å²) < 4.78 is 1.41. The van der Waals surface area contributed by atoms with Crippen molar-refractivity contribution in [2.75, 3.05) is 11.6 Å². The van der Waals surface area contributed by atoms with Crippen molar-refractivity contribution in [1.82, 2.24) is 19.6 Å². The van der Waals surface area contributed by atoms with Gasteiger partial charge in [-0.2, -0.15) is 9.50 Å². The lowest BCUT2D eigenvalue weighted by Crippen LogP contribution is -2.22. The van der Waals surface area contributed by atoms with Gasteiger partial charge in [-0.15, -0.1) is 11.8 Å². The van der Waals surface area contributed by atoms with E-state index in [0.29, 0.717) is 35.9 Å². The Balaban J connectivity index is 1.58. The van der Waals surface area contributed by atoms with Crippen molar-refractivity contribution >= 4 is 23.5 Å². The summed E-state index contributed by atoms with van der Waals surface area (Å²) in [5.74, 6) is 0.898. The Morgan fingerprint density at radius 3 is 2.50 bits per heavy atom. The molecule has 2 aromatic carbocycles. The van der Waals surface area contributed by atoms with Gasteiger partial charge in [-0.05, 0) is 36.4 Å². The van der Waals surface area contributed by atoms with Crippen LogP contribution in [0.5, 0.6) is 0 Å². The first-order valence-electron chi connectivity index (χ1n) is 9.03. The summed E-state index contributed by atoms with van der Waals surface area (Å²) in [5.41, 5.74) is 3.48. The number of aromatic amines is 1. The zero-order valence-corrected chi connectivity index (χ0v) is 16.6. The second-order valence-electron chi connectivity index (χ2n) is 6.55. The molecule has 0 amide bonds. The summed E-state index contributed by atoms with van der Waals surface area (Å²) in [7, 11) is 0. The normalized spacial score (nSPS) is 11.1. The highest BCUT2D eigenvalue weighted by atomic mass is 32.2. The molecule has 142 valence electrons. The predicted octanol–water partition coefficient (Wildman–Crippen LogP) is 3.65. The Morgan fingerprint density at radius 1 is 1.04 bits per heavy atom. The molecule has 0 fully saturated rings. The highest BCUT2D eigenvalue weighted by Gasteiger charge is 2.13. The number of thioether (sulfide) groups is 1. The van der Waals surface area contributed by atoms with E-state index in [1.807, 2.05) is 37.3 Å². The molecule has 4 aromatic rings. The molecule has 0 saturated heterocycles. The van der Waals surface area contributed by atoms with Crippen LogP contribution in [0.15, 0.2) is 64.3 Å². The summed E-state index contributed by atoms with van der Waals surface area (Å²) in [6.45, 7) is 2.47. The monoisotopic (exact) mass is 391 g/mol. The lowest BCUT2D eigenvalue weighted by molar-refractivity contribution is 0.857. The summed E-state index contributed by atoms with van der Waals surface area (Å²) in [6.07, 6.45) is 2.60. The second-order valence-corrected chi connectivity index (χ2v) is 7.43. The number of hydrogen-bond acceptors (Lipinski definition) is 5. The highest BCUT2D eigenvalue weighted by Crippen LogP contribution is 2.15. The number of anilines is 1. The molecule has 0 saturated carbocycles. The fourth-order valence-electron chi connectivity index (χ4n) is 3.07. The summed E-state index contributed by atoms with van der Waals surface area (Å²) in [6, 6.07) is 18.3. The van der Waals surface area contributed by atoms with Gasteiger partial charge in [0.2, 0.25) is 5.95 Å². The van der Waals surface area contributed by atoms with Gasteiger partial charge in [0, 0.05) is 23.4 Å². The van der Waals surface area contributed by atoms with E-state index < -0.39 is 0 Å². The number of fused-ring (bicyclic) bond motifs is 1. The van der Waals surface area contributed by atoms with E-state index in [1.165, 1.54) is 9.41 Å². The van der Waals surface area contributed by atoms with Gasteiger partial charge in [0.15, 0.2) is 0 Å². The number of rotatable bonds is 6. The standard InChI is InChI=1S/C21H21N5OS/c1-14-18(12-15-6-4-3-5-7-15)19(27)26-21(23-14)24-20(25-26)22-13-16-8-10-17(28-2)11-9-16/h3-11H,12-13H2,1-2H3,(H2,22,23,24,25). The van der Waals surface area contributed by atoms with E-state index in [0.717, 1.165) is 11.1 Å². The van der Waals surface area contributed by atoms with Crippen molar-refractivity contribution in [2.24, 2.45) is 0 Å². The van der Waals surface area contributed by atoms with Gasteiger partial charge < -0.3 is 5.32 Å². The molecule has 0 atom stereocenters. The van der Waals surface area contributed by atoms with Crippen LogP contribution < -0.4 is 10.9 Å². The lowest BCUT2D eigenvalue weighted by Gasteiger charge is -2.05. The summed E-state index contributed by atoms with van der Waals surface area (Å²) in [5, 5.41) is 6.26. The van der Waals surface area contributed by atoms with Crippen LogP contribution in [0, 0.1) is 6.92 Å². The largest absolute Gasteiger partial charge is 0.351 e. The van der Waals surface area contributed by atoms with Crippen LogP contribution in [-0.2, 0) is 13.0 Å². The molecule has 4 rings (SSSR count). The van der Waals surface area contributed by atoms with Crippen molar-refractivity contribution in [2.45, 2.75) is 24.8 Å². The molecule has 2 aromatic heterocycles. The number of aryl methyl sites for hydroxylation is 1. The molecule has 0 aliphatic rings. The van der Waals surface area contributed by atoms with Crippen molar-refractivity contribution < 1.29 is 0 Å². The van der Waals surface area contributed by atoms with Crippen molar-refractivity contribution in [3.8, 4) is 0 Å². The quantitative estimate of drug-likeness (QED) is 0.491. The highest BCUT2D eigenvalue weighted by molar-refractivity contribution is 7.98. The van der Waals surface area contributed by atoms with E-state index in [9.17, 15) is 4.79 Å². The summed E-state index contributed by atoms with van der Waals surface area (Å²) >= 11 is 1.71. The van der Waals surface area contributed by atoms with E-state index in [2.05, 4.69) is 50.9 Å². The van der Waals surface area contributed by atoms with Gasteiger partial charge in [0.05, 0.1) is 5.69 Å². The fourth-order valence-corrected chi connectivity index (χ4v) is 3.47. The molecule has 2 N–H and O–H groups in total. The number of benzene rings is 2. The lowest BCUT2D eigenvalue weighted by atomic mass is 10.1. The first-order valence-corrected chi connectivity index (χ1v) is 10.3. The topological polar surface area (TPSA) is 75.1 Å². The molecule has 0 aliphatic carbocycles. The fraction of sp³-hybridized carbons (Fsp3) is 0.190. The Hall–Kier alpha value is -3.06. The number of nitrogens with one attached hydrogen (secondary N) is 2. The molecule has 0 bridgehead atoms. The van der Waals surface area contributed by atoms with Crippen LogP contribution in [0.3, 0.4) is 0 Å². The van der Waals surface area contributed by atoms with E-state index in [4.69, 9.17) is 0 Å². The van der Waals surface area contributed by atoms with Crippen molar-refractivity contribution in [3.63, 3.8) is 0 Å². The van der Waals surface area contributed by atoms with Crippen LogP contribution in [0.1, 0.15) is 22.4 Å².